The normalized spacial score (nSPS) is 11.4. The number of amides is 1. The molecule has 0 aliphatic carbocycles. The lowest BCUT2D eigenvalue weighted by molar-refractivity contribution is -0.152. The SMILES string of the molecule is COc1ccc(CC(=O)O[C@H](C)C(=O)Nc2ccc(F)cc2F)c(OC)c1. The lowest BCUT2D eigenvalue weighted by atomic mass is 10.1. The Morgan fingerprint density at radius 3 is 2.44 bits per heavy atom. The molecule has 0 spiro atoms. The number of carbonyl (C=O) groups excluding carboxylic acids is 2. The first-order valence-corrected chi connectivity index (χ1v) is 8.00. The van der Waals surface area contributed by atoms with Gasteiger partial charge in [0.1, 0.15) is 23.1 Å². The third-order valence-corrected chi connectivity index (χ3v) is 3.70. The smallest absolute Gasteiger partial charge is 0.311 e. The van der Waals surface area contributed by atoms with Crippen LogP contribution in [0.15, 0.2) is 36.4 Å². The Bertz CT molecular complexity index is 841. The topological polar surface area (TPSA) is 73.9 Å². The Morgan fingerprint density at radius 1 is 1.07 bits per heavy atom. The maximum absolute atomic E-state index is 13.6. The van der Waals surface area contributed by atoms with E-state index in [0.717, 1.165) is 12.1 Å². The Hall–Kier alpha value is -3.16. The number of hydrogen-bond acceptors (Lipinski definition) is 5. The Labute approximate surface area is 155 Å². The van der Waals surface area contributed by atoms with E-state index in [9.17, 15) is 18.4 Å². The lowest BCUT2D eigenvalue weighted by Crippen LogP contribution is -2.30. The van der Waals surface area contributed by atoms with Gasteiger partial charge in [-0.05, 0) is 25.1 Å². The van der Waals surface area contributed by atoms with Gasteiger partial charge >= 0.3 is 5.97 Å². The van der Waals surface area contributed by atoms with Crippen LogP contribution < -0.4 is 14.8 Å². The van der Waals surface area contributed by atoms with Crippen molar-refractivity contribution in [3.63, 3.8) is 0 Å². The highest BCUT2D eigenvalue weighted by atomic mass is 19.1. The summed E-state index contributed by atoms with van der Waals surface area (Å²) in [6.45, 7) is 1.35. The second-order valence-electron chi connectivity index (χ2n) is 5.60. The van der Waals surface area contributed by atoms with Crippen LogP contribution >= 0.6 is 0 Å². The van der Waals surface area contributed by atoms with Gasteiger partial charge < -0.3 is 19.5 Å². The minimum absolute atomic E-state index is 0.129. The van der Waals surface area contributed by atoms with E-state index in [1.807, 2.05) is 0 Å². The molecule has 0 saturated heterocycles. The van der Waals surface area contributed by atoms with E-state index < -0.39 is 29.6 Å². The van der Waals surface area contributed by atoms with Crippen LogP contribution in [0.2, 0.25) is 0 Å². The molecule has 0 saturated carbocycles. The summed E-state index contributed by atoms with van der Waals surface area (Å²) in [6, 6.07) is 7.67. The average Bonchev–Trinajstić information content (AvgIpc) is 2.64. The van der Waals surface area contributed by atoms with Gasteiger partial charge in [-0.15, -0.1) is 0 Å². The minimum Gasteiger partial charge on any atom is -0.497 e. The average molecular weight is 379 g/mol. The number of anilines is 1. The number of rotatable bonds is 7. The number of carbonyl (C=O) groups is 2. The molecule has 2 aromatic rings. The van der Waals surface area contributed by atoms with Crippen LogP contribution in [0.3, 0.4) is 0 Å². The van der Waals surface area contributed by atoms with Gasteiger partial charge in [0.05, 0.1) is 26.3 Å². The van der Waals surface area contributed by atoms with Crippen LogP contribution in [0.25, 0.3) is 0 Å². The molecule has 1 N–H and O–H groups in total. The molecule has 2 rings (SSSR count). The summed E-state index contributed by atoms with van der Waals surface area (Å²) in [5.74, 6) is -2.09. The molecule has 0 aliphatic heterocycles. The first-order chi connectivity index (χ1) is 12.8. The summed E-state index contributed by atoms with van der Waals surface area (Å²) in [4.78, 5) is 24.2. The van der Waals surface area contributed by atoms with Gasteiger partial charge in [0.2, 0.25) is 0 Å². The van der Waals surface area contributed by atoms with Gasteiger partial charge in [0.15, 0.2) is 6.10 Å². The summed E-state index contributed by atoms with van der Waals surface area (Å²) in [5.41, 5.74) is 0.349. The Balaban J connectivity index is 1.97. The van der Waals surface area contributed by atoms with Crippen molar-refractivity contribution < 1.29 is 32.6 Å². The van der Waals surface area contributed by atoms with E-state index >= 15 is 0 Å². The maximum Gasteiger partial charge on any atom is 0.311 e. The van der Waals surface area contributed by atoms with Crippen LogP contribution in [-0.2, 0) is 20.7 Å². The van der Waals surface area contributed by atoms with Crippen molar-refractivity contribution in [1.29, 1.82) is 0 Å². The molecular formula is C19H19F2NO5. The third kappa shape index (κ3) is 5.40. The molecule has 0 bridgehead atoms. The highest BCUT2D eigenvalue weighted by Crippen LogP contribution is 2.25. The molecule has 0 aliphatic rings. The van der Waals surface area contributed by atoms with Crippen LogP contribution in [0.5, 0.6) is 11.5 Å². The van der Waals surface area contributed by atoms with Gasteiger partial charge in [-0.25, -0.2) is 8.78 Å². The van der Waals surface area contributed by atoms with E-state index in [-0.39, 0.29) is 12.1 Å². The van der Waals surface area contributed by atoms with Crippen LogP contribution in [0, 0.1) is 11.6 Å². The van der Waals surface area contributed by atoms with E-state index in [1.54, 1.807) is 18.2 Å². The van der Waals surface area contributed by atoms with Crippen LogP contribution in [0.4, 0.5) is 14.5 Å². The lowest BCUT2D eigenvalue weighted by Gasteiger charge is -2.15. The zero-order valence-electron chi connectivity index (χ0n) is 15.0. The molecule has 0 radical (unpaired) electrons. The molecule has 2 aromatic carbocycles. The number of esters is 1. The van der Waals surface area contributed by atoms with Crippen molar-refractivity contribution >= 4 is 17.6 Å². The predicted molar refractivity (Wildman–Crippen MR) is 93.8 cm³/mol. The van der Waals surface area contributed by atoms with Crippen LogP contribution in [-0.4, -0.2) is 32.2 Å². The predicted octanol–water partition coefficient (Wildman–Crippen LogP) is 3.09. The van der Waals surface area contributed by atoms with E-state index in [1.165, 1.54) is 21.1 Å². The second kappa shape index (κ2) is 8.98. The fourth-order valence-corrected chi connectivity index (χ4v) is 2.27. The number of ether oxygens (including phenoxy) is 3. The highest BCUT2D eigenvalue weighted by molar-refractivity contribution is 5.95. The maximum atomic E-state index is 13.6. The van der Waals surface area contributed by atoms with Gasteiger partial charge in [0.25, 0.3) is 5.91 Å². The number of benzene rings is 2. The summed E-state index contributed by atoms with van der Waals surface area (Å²) in [7, 11) is 2.96. The summed E-state index contributed by atoms with van der Waals surface area (Å²) >= 11 is 0. The Kier molecular flexibility index (Phi) is 6.70. The van der Waals surface area contributed by atoms with Crippen molar-refractivity contribution in [2.24, 2.45) is 0 Å². The molecule has 0 fully saturated rings. The summed E-state index contributed by atoms with van der Waals surface area (Å²) in [6.07, 6.45) is -1.30. The summed E-state index contributed by atoms with van der Waals surface area (Å²) in [5, 5.41) is 2.24. The molecule has 6 nitrogen and oxygen atoms in total. The van der Waals surface area contributed by atoms with E-state index in [4.69, 9.17) is 14.2 Å². The molecule has 1 atom stereocenters. The summed E-state index contributed by atoms with van der Waals surface area (Å²) < 4.78 is 41.8. The molecule has 8 heteroatoms. The van der Waals surface area contributed by atoms with Gasteiger partial charge in [-0.1, -0.05) is 6.07 Å². The highest BCUT2D eigenvalue weighted by Gasteiger charge is 2.20. The quantitative estimate of drug-likeness (QED) is 0.749. The Morgan fingerprint density at radius 2 is 1.81 bits per heavy atom. The number of hydrogen-bond donors (Lipinski definition) is 1. The van der Waals surface area contributed by atoms with Crippen molar-refractivity contribution in [2.45, 2.75) is 19.4 Å². The van der Waals surface area contributed by atoms with Crippen molar-refractivity contribution in [3.05, 3.63) is 53.6 Å². The fourth-order valence-electron chi connectivity index (χ4n) is 2.27. The molecule has 27 heavy (non-hydrogen) atoms. The standard InChI is InChI=1S/C19H19F2NO5/c1-11(19(24)22-16-7-5-13(20)9-15(16)21)27-18(23)8-12-4-6-14(25-2)10-17(12)26-3/h4-7,9-11H,8H2,1-3H3,(H,22,24)/t11-/m1/s1. The third-order valence-electron chi connectivity index (χ3n) is 3.70. The number of nitrogens with one attached hydrogen (secondary N) is 1. The minimum atomic E-state index is -1.17. The molecular weight excluding hydrogens is 360 g/mol. The molecule has 144 valence electrons. The first-order valence-electron chi connectivity index (χ1n) is 8.00. The van der Waals surface area contributed by atoms with E-state index in [0.29, 0.717) is 23.1 Å². The van der Waals surface area contributed by atoms with Gasteiger partial charge in [-0.3, -0.25) is 9.59 Å². The number of methoxy groups -OCH3 is 2. The van der Waals surface area contributed by atoms with Crippen molar-refractivity contribution in [1.82, 2.24) is 0 Å². The van der Waals surface area contributed by atoms with Crippen LogP contribution in [0.1, 0.15) is 12.5 Å². The fraction of sp³-hybridized carbons (Fsp3) is 0.263. The largest absolute Gasteiger partial charge is 0.497 e. The molecule has 0 unspecified atom stereocenters. The van der Waals surface area contributed by atoms with Crippen molar-refractivity contribution in [2.75, 3.05) is 19.5 Å². The molecule has 0 heterocycles. The zero-order chi connectivity index (χ0) is 20.0. The monoisotopic (exact) mass is 379 g/mol. The molecule has 0 aromatic heterocycles. The van der Waals surface area contributed by atoms with Gasteiger partial charge in [0, 0.05) is 17.7 Å². The molecule has 1 amide bonds. The van der Waals surface area contributed by atoms with Gasteiger partial charge in [-0.2, -0.15) is 0 Å². The first kappa shape index (κ1) is 20.2. The number of halogens is 2. The van der Waals surface area contributed by atoms with E-state index in [2.05, 4.69) is 5.32 Å². The van der Waals surface area contributed by atoms with Crippen molar-refractivity contribution in [3.8, 4) is 11.5 Å². The second-order valence-corrected chi connectivity index (χ2v) is 5.60. The zero-order valence-corrected chi connectivity index (χ0v) is 15.0.